The van der Waals surface area contributed by atoms with Crippen LogP contribution in [-0.2, 0) is 0 Å². The minimum atomic E-state index is -0.703. The zero-order valence-corrected chi connectivity index (χ0v) is 11.8. The van der Waals surface area contributed by atoms with Crippen LogP contribution in [0.25, 0.3) is 0 Å². The van der Waals surface area contributed by atoms with Crippen LogP contribution in [0.15, 0.2) is 36.4 Å². The number of ether oxygens (including phenoxy) is 2. The van der Waals surface area contributed by atoms with Gasteiger partial charge in [-0.3, -0.25) is 20.2 Å². The molecule has 9 heteroatoms. The van der Waals surface area contributed by atoms with Gasteiger partial charge in [0.05, 0.1) is 34.7 Å². The Morgan fingerprint density at radius 2 is 1.70 bits per heavy atom. The second-order valence-corrected chi connectivity index (χ2v) is 4.24. The highest BCUT2D eigenvalue weighted by atomic mass is 16.6. The number of nitro benzene ring substituents is 2. The Hall–Kier alpha value is -3.67. The predicted molar refractivity (Wildman–Crippen MR) is 77.5 cm³/mol. The van der Waals surface area contributed by atoms with Gasteiger partial charge in [-0.2, -0.15) is 5.26 Å². The quantitative estimate of drug-likeness (QED) is 0.612. The molecule has 0 aliphatic rings. The molecule has 0 N–H and O–H groups in total. The van der Waals surface area contributed by atoms with Gasteiger partial charge in [-0.25, -0.2) is 0 Å². The Kier molecular flexibility index (Phi) is 4.37. The van der Waals surface area contributed by atoms with Crippen LogP contribution >= 0.6 is 0 Å². The van der Waals surface area contributed by atoms with Crippen molar-refractivity contribution in [1.29, 1.82) is 5.26 Å². The summed E-state index contributed by atoms with van der Waals surface area (Å²) >= 11 is 0. The smallest absolute Gasteiger partial charge is 0.315 e. The molecule has 0 fully saturated rings. The van der Waals surface area contributed by atoms with Crippen LogP contribution in [0.2, 0.25) is 0 Å². The van der Waals surface area contributed by atoms with E-state index in [1.54, 1.807) is 0 Å². The fourth-order valence-electron chi connectivity index (χ4n) is 1.79. The van der Waals surface area contributed by atoms with E-state index in [0.717, 1.165) is 18.2 Å². The normalized spacial score (nSPS) is 9.74. The van der Waals surface area contributed by atoms with Crippen molar-refractivity contribution in [3.05, 3.63) is 62.2 Å². The molecule has 0 saturated heterocycles. The van der Waals surface area contributed by atoms with Gasteiger partial charge >= 0.3 is 11.4 Å². The van der Waals surface area contributed by atoms with Crippen molar-refractivity contribution in [1.82, 2.24) is 0 Å². The molecule has 23 heavy (non-hydrogen) atoms. The van der Waals surface area contributed by atoms with Crippen molar-refractivity contribution in [2.75, 3.05) is 7.11 Å². The summed E-state index contributed by atoms with van der Waals surface area (Å²) in [5.41, 5.74) is -0.697. The van der Waals surface area contributed by atoms with E-state index in [1.807, 2.05) is 6.07 Å². The Labute approximate surface area is 129 Å². The Morgan fingerprint density at radius 3 is 2.26 bits per heavy atom. The molecule has 0 unspecified atom stereocenters. The molecule has 0 atom stereocenters. The summed E-state index contributed by atoms with van der Waals surface area (Å²) in [6.45, 7) is 0. The lowest BCUT2D eigenvalue weighted by Crippen LogP contribution is -1.98. The maximum atomic E-state index is 11.1. The number of hydrogen-bond acceptors (Lipinski definition) is 7. The molecule has 2 rings (SSSR count). The standard InChI is InChI=1S/C14H9N3O6/c1-22-10-3-5-13(12(7-10)17(20)21)23-14-6-9(8-15)2-4-11(14)16(18)19/h2-7H,1H3. The topological polar surface area (TPSA) is 129 Å². The molecule has 0 amide bonds. The zero-order valence-electron chi connectivity index (χ0n) is 11.8. The van der Waals surface area contributed by atoms with Crippen molar-refractivity contribution in [3.63, 3.8) is 0 Å². The van der Waals surface area contributed by atoms with Gasteiger partial charge in [0, 0.05) is 12.1 Å². The second kappa shape index (κ2) is 6.40. The molecule has 0 saturated carbocycles. The third kappa shape index (κ3) is 3.33. The summed E-state index contributed by atoms with van der Waals surface area (Å²) in [7, 11) is 1.35. The van der Waals surface area contributed by atoms with Crippen molar-refractivity contribution in [2.45, 2.75) is 0 Å². The maximum Gasteiger partial charge on any atom is 0.315 e. The number of hydrogen-bond donors (Lipinski definition) is 0. The lowest BCUT2D eigenvalue weighted by atomic mass is 10.2. The maximum absolute atomic E-state index is 11.1. The fourth-order valence-corrected chi connectivity index (χ4v) is 1.79. The minimum Gasteiger partial charge on any atom is -0.496 e. The third-order valence-corrected chi connectivity index (χ3v) is 2.87. The molecule has 0 aliphatic carbocycles. The largest absolute Gasteiger partial charge is 0.496 e. The highest BCUT2D eigenvalue weighted by molar-refractivity contribution is 5.57. The fraction of sp³-hybridized carbons (Fsp3) is 0.0714. The predicted octanol–water partition coefficient (Wildman–Crippen LogP) is 3.18. The first-order chi connectivity index (χ1) is 11.0. The molecule has 0 aliphatic heterocycles. The number of methoxy groups -OCH3 is 1. The Bertz CT molecular complexity index is 828. The van der Waals surface area contributed by atoms with Gasteiger partial charge in [0.15, 0.2) is 0 Å². The summed E-state index contributed by atoms with van der Waals surface area (Å²) in [6, 6.07) is 9.14. The molecule has 2 aromatic carbocycles. The number of rotatable bonds is 5. The summed E-state index contributed by atoms with van der Waals surface area (Å²) in [6.07, 6.45) is 0. The van der Waals surface area contributed by atoms with Gasteiger partial charge in [-0.05, 0) is 18.2 Å². The van der Waals surface area contributed by atoms with Gasteiger partial charge < -0.3 is 9.47 Å². The first-order valence-electron chi connectivity index (χ1n) is 6.15. The summed E-state index contributed by atoms with van der Waals surface area (Å²) in [5, 5.41) is 31.0. The van der Waals surface area contributed by atoms with Crippen LogP contribution in [0.5, 0.6) is 17.2 Å². The SMILES string of the molecule is COc1ccc(Oc2cc(C#N)ccc2[N+](=O)[O-])c([N+](=O)[O-])c1. The minimum absolute atomic E-state index is 0.127. The van der Waals surface area contributed by atoms with Gasteiger partial charge in [0.25, 0.3) is 0 Å². The van der Waals surface area contributed by atoms with Crippen molar-refractivity contribution in [2.24, 2.45) is 0 Å². The van der Waals surface area contributed by atoms with E-state index in [1.165, 1.54) is 25.3 Å². The van der Waals surface area contributed by atoms with Crippen molar-refractivity contribution >= 4 is 11.4 Å². The number of benzene rings is 2. The third-order valence-electron chi connectivity index (χ3n) is 2.87. The van der Waals surface area contributed by atoms with E-state index in [9.17, 15) is 20.2 Å². The first kappa shape index (κ1) is 15.7. The molecule has 0 heterocycles. The van der Waals surface area contributed by atoms with Crippen LogP contribution in [-0.4, -0.2) is 17.0 Å². The van der Waals surface area contributed by atoms with Crippen molar-refractivity contribution in [3.8, 4) is 23.3 Å². The van der Waals surface area contributed by atoms with Crippen LogP contribution in [0.4, 0.5) is 11.4 Å². The van der Waals surface area contributed by atoms with E-state index in [2.05, 4.69) is 0 Å². The van der Waals surface area contributed by atoms with Gasteiger partial charge in [-0.15, -0.1) is 0 Å². The number of nitrogens with zero attached hydrogens (tertiary/aromatic N) is 3. The van der Waals surface area contributed by atoms with Gasteiger partial charge in [0.2, 0.25) is 11.5 Å². The lowest BCUT2D eigenvalue weighted by molar-refractivity contribution is -0.387. The molecular formula is C14H9N3O6. The monoisotopic (exact) mass is 315 g/mol. The van der Waals surface area contributed by atoms with Gasteiger partial charge in [0.1, 0.15) is 5.75 Å². The second-order valence-electron chi connectivity index (χ2n) is 4.24. The molecule has 0 radical (unpaired) electrons. The molecule has 0 spiro atoms. The zero-order chi connectivity index (χ0) is 17.0. The highest BCUT2D eigenvalue weighted by Crippen LogP contribution is 2.38. The highest BCUT2D eigenvalue weighted by Gasteiger charge is 2.22. The van der Waals surface area contributed by atoms with E-state index >= 15 is 0 Å². The number of nitriles is 1. The Balaban J connectivity index is 2.53. The van der Waals surface area contributed by atoms with Crippen LogP contribution < -0.4 is 9.47 Å². The van der Waals surface area contributed by atoms with Crippen LogP contribution in [0, 0.1) is 31.6 Å². The molecule has 2 aromatic rings. The molecular weight excluding hydrogens is 306 g/mol. The summed E-state index contributed by atoms with van der Waals surface area (Å²) < 4.78 is 10.2. The average molecular weight is 315 g/mol. The molecule has 0 aromatic heterocycles. The first-order valence-corrected chi connectivity index (χ1v) is 6.15. The molecule has 0 bridgehead atoms. The van der Waals surface area contributed by atoms with E-state index < -0.39 is 21.2 Å². The summed E-state index contributed by atoms with van der Waals surface area (Å²) in [4.78, 5) is 20.7. The number of nitro groups is 2. The van der Waals surface area contributed by atoms with Crippen molar-refractivity contribution < 1.29 is 19.3 Å². The average Bonchev–Trinajstić information content (AvgIpc) is 2.54. The van der Waals surface area contributed by atoms with E-state index in [4.69, 9.17) is 14.7 Å². The molecule has 116 valence electrons. The lowest BCUT2D eigenvalue weighted by Gasteiger charge is -2.08. The van der Waals surface area contributed by atoms with E-state index in [0.29, 0.717) is 0 Å². The van der Waals surface area contributed by atoms with Gasteiger partial charge in [-0.1, -0.05) is 0 Å². The van der Waals surface area contributed by atoms with Crippen LogP contribution in [0.1, 0.15) is 5.56 Å². The Morgan fingerprint density at radius 1 is 1.00 bits per heavy atom. The van der Waals surface area contributed by atoms with E-state index in [-0.39, 0.29) is 22.8 Å². The van der Waals surface area contributed by atoms with Crippen LogP contribution in [0.3, 0.4) is 0 Å². The summed E-state index contributed by atoms with van der Waals surface area (Å²) in [5.74, 6) is -0.222. The molecule has 9 nitrogen and oxygen atoms in total.